The standard InChI is InChI=1S/C23H25N3O6S/c1-3-8-31-20-10-17(11-24)5-6-19(20)32-22-13-26(14-23(22,28)15-27)33(29,30)21-7-4-16(2)9-18(21)12-25/h4-7,9-10,22,27-28H,3,8,13-15H2,1-2H3/t22-,23+/m0/s1. The van der Waals surface area contributed by atoms with Gasteiger partial charge in [0.15, 0.2) is 11.5 Å². The van der Waals surface area contributed by atoms with E-state index in [1.165, 1.54) is 30.3 Å². The third kappa shape index (κ3) is 4.95. The molecule has 0 bridgehead atoms. The van der Waals surface area contributed by atoms with Crippen LogP contribution < -0.4 is 9.47 Å². The van der Waals surface area contributed by atoms with Gasteiger partial charge in [-0.2, -0.15) is 14.8 Å². The maximum atomic E-state index is 13.3. The Labute approximate surface area is 193 Å². The molecule has 1 saturated heterocycles. The normalized spacial score (nSPS) is 20.7. The van der Waals surface area contributed by atoms with Crippen molar-refractivity contribution in [1.29, 1.82) is 10.5 Å². The van der Waals surface area contributed by atoms with Crippen molar-refractivity contribution in [3.63, 3.8) is 0 Å². The number of nitrogens with zero attached hydrogens (tertiary/aromatic N) is 3. The Bertz CT molecular complexity index is 1220. The molecule has 1 heterocycles. The van der Waals surface area contributed by atoms with Crippen LogP contribution in [0.4, 0.5) is 0 Å². The van der Waals surface area contributed by atoms with Crippen molar-refractivity contribution < 1.29 is 28.1 Å². The lowest BCUT2D eigenvalue weighted by Gasteiger charge is -2.27. The van der Waals surface area contributed by atoms with E-state index >= 15 is 0 Å². The summed E-state index contributed by atoms with van der Waals surface area (Å²) in [5, 5.41) is 39.4. The summed E-state index contributed by atoms with van der Waals surface area (Å²) in [4.78, 5) is -0.179. The van der Waals surface area contributed by atoms with Gasteiger partial charge in [-0.1, -0.05) is 13.0 Å². The molecule has 3 rings (SSSR count). The van der Waals surface area contributed by atoms with Gasteiger partial charge >= 0.3 is 0 Å². The van der Waals surface area contributed by atoms with E-state index in [0.717, 1.165) is 9.87 Å². The molecule has 0 radical (unpaired) electrons. The van der Waals surface area contributed by atoms with Gasteiger partial charge in [0.05, 0.1) is 41.9 Å². The summed E-state index contributed by atoms with van der Waals surface area (Å²) in [5.74, 6) is 0.495. The zero-order chi connectivity index (χ0) is 24.2. The van der Waals surface area contributed by atoms with Gasteiger partial charge in [-0.05, 0) is 43.2 Å². The lowest BCUT2D eigenvalue weighted by Crippen LogP contribution is -2.48. The molecule has 2 N–H and O–H groups in total. The molecule has 2 aromatic rings. The highest BCUT2D eigenvalue weighted by molar-refractivity contribution is 7.89. The van der Waals surface area contributed by atoms with Crippen LogP contribution in [0.15, 0.2) is 41.3 Å². The Morgan fingerprint density at radius 2 is 1.94 bits per heavy atom. The van der Waals surface area contributed by atoms with Gasteiger partial charge in [-0.15, -0.1) is 0 Å². The fourth-order valence-corrected chi connectivity index (χ4v) is 5.18. The number of β-amino-alcohol motifs (C(OH)–C–C–N with tert-alkyl or cyclic N) is 1. The fraction of sp³-hybridized carbons (Fsp3) is 0.391. The molecule has 9 nitrogen and oxygen atoms in total. The second-order valence-electron chi connectivity index (χ2n) is 7.90. The topological polar surface area (TPSA) is 144 Å². The number of benzene rings is 2. The van der Waals surface area contributed by atoms with E-state index in [0.29, 0.717) is 18.6 Å². The highest BCUT2D eigenvalue weighted by Gasteiger charge is 2.51. The summed E-state index contributed by atoms with van der Waals surface area (Å²) >= 11 is 0. The van der Waals surface area contributed by atoms with Crippen molar-refractivity contribution in [2.24, 2.45) is 0 Å². The molecule has 0 saturated carbocycles. The zero-order valence-electron chi connectivity index (χ0n) is 18.4. The summed E-state index contributed by atoms with van der Waals surface area (Å²) in [6, 6.07) is 12.8. The van der Waals surface area contributed by atoms with Crippen LogP contribution >= 0.6 is 0 Å². The predicted molar refractivity (Wildman–Crippen MR) is 118 cm³/mol. The summed E-state index contributed by atoms with van der Waals surface area (Å²) in [7, 11) is -4.15. The third-order valence-electron chi connectivity index (χ3n) is 5.37. The first-order valence-electron chi connectivity index (χ1n) is 10.4. The molecule has 0 aromatic heterocycles. The van der Waals surface area contributed by atoms with Crippen LogP contribution in [-0.2, 0) is 10.0 Å². The Hall–Kier alpha value is -3.15. The van der Waals surface area contributed by atoms with E-state index in [-0.39, 0.29) is 28.5 Å². The number of hydrogen-bond donors (Lipinski definition) is 2. The first kappa shape index (κ1) is 24.5. The maximum Gasteiger partial charge on any atom is 0.244 e. The van der Waals surface area contributed by atoms with Gasteiger partial charge in [0.1, 0.15) is 17.8 Å². The second kappa shape index (κ2) is 9.77. The first-order valence-corrected chi connectivity index (χ1v) is 11.8. The van der Waals surface area contributed by atoms with E-state index in [9.17, 15) is 23.9 Å². The number of aliphatic hydroxyl groups is 2. The number of nitriles is 2. The summed E-state index contributed by atoms with van der Waals surface area (Å²) in [6.45, 7) is 2.61. The van der Waals surface area contributed by atoms with Crippen molar-refractivity contribution in [2.45, 2.75) is 36.9 Å². The van der Waals surface area contributed by atoms with Crippen LogP contribution in [0.2, 0.25) is 0 Å². The second-order valence-corrected chi connectivity index (χ2v) is 9.81. The number of aliphatic hydroxyl groups excluding tert-OH is 1. The summed E-state index contributed by atoms with van der Waals surface area (Å²) < 4.78 is 39.2. The van der Waals surface area contributed by atoms with Gasteiger partial charge in [-0.25, -0.2) is 8.42 Å². The minimum Gasteiger partial charge on any atom is -0.490 e. The van der Waals surface area contributed by atoms with Gasteiger partial charge in [0, 0.05) is 12.6 Å². The molecule has 1 fully saturated rings. The summed E-state index contributed by atoms with van der Waals surface area (Å²) in [6.07, 6.45) is -0.408. The van der Waals surface area contributed by atoms with E-state index in [1.54, 1.807) is 13.0 Å². The smallest absolute Gasteiger partial charge is 0.244 e. The average Bonchev–Trinajstić information content (AvgIpc) is 3.15. The van der Waals surface area contributed by atoms with Crippen LogP contribution in [-0.4, -0.2) is 60.9 Å². The quantitative estimate of drug-likeness (QED) is 0.592. The molecule has 1 aliphatic rings. The van der Waals surface area contributed by atoms with Crippen molar-refractivity contribution in [3.8, 4) is 23.6 Å². The lowest BCUT2D eigenvalue weighted by atomic mass is 10.0. The molecule has 0 spiro atoms. The number of aryl methyl sites for hydroxylation is 1. The van der Waals surface area contributed by atoms with Crippen LogP contribution in [0.1, 0.15) is 30.0 Å². The Morgan fingerprint density at radius 3 is 2.58 bits per heavy atom. The Morgan fingerprint density at radius 1 is 1.18 bits per heavy atom. The van der Waals surface area contributed by atoms with Crippen molar-refractivity contribution >= 4 is 10.0 Å². The molecule has 1 aliphatic heterocycles. The van der Waals surface area contributed by atoms with Gasteiger partial charge in [-0.3, -0.25) is 0 Å². The lowest BCUT2D eigenvalue weighted by molar-refractivity contribution is -0.0646. The third-order valence-corrected chi connectivity index (χ3v) is 7.24. The predicted octanol–water partition coefficient (Wildman–Crippen LogP) is 1.70. The van der Waals surface area contributed by atoms with Gasteiger partial charge < -0.3 is 19.7 Å². The largest absolute Gasteiger partial charge is 0.490 e. The number of sulfonamides is 1. The monoisotopic (exact) mass is 471 g/mol. The van der Waals surface area contributed by atoms with Crippen molar-refractivity contribution in [3.05, 3.63) is 53.1 Å². The fourth-order valence-electron chi connectivity index (χ4n) is 3.56. The van der Waals surface area contributed by atoms with Crippen molar-refractivity contribution in [2.75, 3.05) is 26.3 Å². The van der Waals surface area contributed by atoms with Crippen molar-refractivity contribution in [1.82, 2.24) is 4.31 Å². The van der Waals surface area contributed by atoms with Crippen LogP contribution in [0.5, 0.6) is 11.5 Å². The Kier molecular flexibility index (Phi) is 7.25. The first-order chi connectivity index (χ1) is 15.7. The summed E-state index contributed by atoms with van der Waals surface area (Å²) in [5.41, 5.74) is -0.805. The molecule has 0 amide bonds. The average molecular weight is 472 g/mol. The molecular formula is C23H25N3O6S. The molecule has 174 valence electrons. The number of hydrogen-bond acceptors (Lipinski definition) is 8. The molecule has 0 aliphatic carbocycles. The zero-order valence-corrected chi connectivity index (χ0v) is 19.2. The SMILES string of the molecule is CCCOc1cc(C#N)ccc1O[C@H]1CN(S(=O)(=O)c2ccc(C)cc2C#N)C[C@@]1(O)CO. The maximum absolute atomic E-state index is 13.3. The molecule has 0 unspecified atom stereocenters. The molecular weight excluding hydrogens is 446 g/mol. The van der Waals surface area contributed by atoms with Crippen LogP contribution in [0.25, 0.3) is 0 Å². The number of rotatable bonds is 8. The van der Waals surface area contributed by atoms with Crippen LogP contribution in [0.3, 0.4) is 0 Å². The van der Waals surface area contributed by atoms with E-state index < -0.39 is 34.9 Å². The van der Waals surface area contributed by atoms with E-state index in [1.807, 2.05) is 19.1 Å². The molecule has 2 aromatic carbocycles. The van der Waals surface area contributed by atoms with E-state index in [2.05, 4.69) is 0 Å². The van der Waals surface area contributed by atoms with Gasteiger partial charge in [0.25, 0.3) is 0 Å². The molecule has 2 atom stereocenters. The highest BCUT2D eigenvalue weighted by Crippen LogP contribution is 2.35. The minimum atomic E-state index is -4.15. The van der Waals surface area contributed by atoms with Crippen LogP contribution in [0, 0.1) is 29.6 Å². The minimum absolute atomic E-state index is 0.00532. The number of ether oxygens (including phenoxy) is 2. The highest BCUT2D eigenvalue weighted by atomic mass is 32.2. The van der Waals surface area contributed by atoms with Gasteiger partial charge in [0.2, 0.25) is 10.0 Å². The van der Waals surface area contributed by atoms with E-state index in [4.69, 9.17) is 14.7 Å². The molecule has 10 heteroatoms. The Balaban J connectivity index is 1.93. The molecule has 33 heavy (non-hydrogen) atoms.